The summed E-state index contributed by atoms with van der Waals surface area (Å²) in [7, 11) is 2.39. The second kappa shape index (κ2) is 11.1. The molecule has 94 valence electrons. The smallest absolute Gasteiger partial charge is 0.282 e. The van der Waals surface area contributed by atoms with Gasteiger partial charge in [0.1, 0.15) is 0 Å². The van der Waals surface area contributed by atoms with Crippen LogP contribution >= 0.6 is 0 Å². The zero-order valence-corrected chi connectivity index (χ0v) is 12.5. The summed E-state index contributed by atoms with van der Waals surface area (Å²) >= 11 is -4.01. The molecule has 0 aromatic rings. The first-order valence-electron chi connectivity index (χ1n) is 5.48. The average molecular weight is 333 g/mol. The molecule has 15 heavy (non-hydrogen) atoms. The van der Waals surface area contributed by atoms with Crippen LogP contribution in [0.2, 0.25) is 0 Å². The molecule has 0 aromatic carbocycles. The van der Waals surface area contributed by atoms with Gasteiger partial charge in [-0.1, -0.05) is 20.8 Å². The van der Waals surface area contributed by atoms with Crippen LogP contribution in [0.4, 0.5) is 0 Å². The summed E-state index contributed by atoms with van der Waals surface area (Å²) in [5, 5.41) is 0. The van der Waals surface area contributed by atoms with Crippen LogP contribution in [0.3, 0.4) is 0 Å². The molecule has 5 heteroatoms. The largest absolute Gasteiger partial charge is 0.427 e. The molecule has 0 rings (SSSR count). The van der Waals surface area contributed by atoms with Gasteiger partial charge in [0.2, 0.25) is 0 Å². The molecule has 0 radical (unpaired) electrons. The van der Waals surface area contributed by atoms with Crippen molar-refractivity contribution in [2.75, 3.05) is 26.7 Å². The van der Waals surface area contributed by atoms with Crippen molar-refractivity contribution in [3.63, 3.8) is 0 Å². The SMILES string of the molecule is CCC[N+](C)(CCC)CCC.[O-][I+2]([O-])[O-]. The highest BCUT2D eigenvalue weighted by Crippen LogP contribution is 2.06. The Labute approximate surface area is 103 Å². The van der Waals surface area contributed by atoms with E-state index in [2.05, 4.69) is 27.8 Å². The third-order valence-electron chi connectivity index (χ3n) is 2.29. The standard InChI is InChI=1S/C10H24N.IO3/c1-5-8-11(4,9-6-2)10-7-3;2-1(3)4/h5-10H2,1-4H3;/q+1;-1. The molecular formula is C10H24INO3. The van der Waals surface area contributed by atoms with E-state index in [-0.39, 0.29) is 0 Å². The summed E-state index contributed by atoms with van der Waals surface area (Å²) in [5.41, 5.74) is 0. The molecule has 0 fully saturated rings. The lowest BCUT2D eigenvalue weighted by atomic mass is 10.2. The second-order valence-corrected chi connectivity index (χ2v) is 5.06. The molecule has 0 spiro atoms. The number of halogens is 1. The first kappa shape index (κ1) is 17.9. The lowest BCUT2D eigenvalue weighted by Gasteiger charge is -2.33. The van der Waals surface area contributed by atoms with E-state index in [9.17, 15) is 0 Å². The van der Waals surface area contributed by atoms with Crippen LogP contribution in [-0.4, -0.2) is 31.2 Å². The molecule has 0 N–H and O–H groups in total. The monoisotopic (exact) mass is 333 g/mol. The van der Waals surface area contributed by atoms with Gasteiger partial charge < -0.3 is 14.8 Å². The quantitative estimate of drug-likeness (QED) is 0.369. The number of hydrogen-bond acceptors (Lipinski definition) is 3. The van der Waals surface area contributed by atoms with Crippen molar-refractivity contribution in [1.29, 1.82) is 0 Å². The fourth-order valence-electron chi connectivity index (χ4n) is 1.95. The van der Waals surface area contributed by atoms with Crippen LogP contribution < -0.4 is 31.4 Å². The van der Waals surface area contributed by atoms with Gasteiger partial charge in [0.05, 0.1) is 26.7 Å². The lowest BCUT2D eigenvalue weighted by molar-refractivity contribution is -1.73. The van der Waals surface area contributed by atoms with Gasteiger partial charge in [-0.15, -0.1) is 0 Å². The summed E-state index contributed by atoms with van der Waals surface area (Å²) in [6, 6.07) is 0. The Morgan fingerprint density at radius 1 is 0.800 bits per heavy atom. The predicted octanol–water partition coefficient (Wildman–Crippen LogP) is -3.90. The summed E-state index contributed by atoms with van der Waals surface area (Å²) in [6.45, 7) is 10.9. The Hall–Kier alpha value is 0.570. The molecular weight excluding hydrogens is 309 g/mol. The van der Waals surface area contributed by atoms with Gasteiger partial charge in [-0.25, -0.2) is 0 Å². The van der Waals surface area contributed by atoms with E-state index in [0.29, 0.717) is 0 Å². The molecule has 0 aromatic heterocycles. The van der Waals surface area contributed by atoms with E-state index in [0.717, 1.165) is 0 Å². The van der Waals surface area contributed by atoms with Crippen LogP contribution in [0.5, 0.6) is 0 Å². The van der Waals surface area contributed by atoms with Crippen molar-refractivity contribution < 1.29 is 35.9 Å². The highest BCUT2D eigenvalue weighted by atomic mass is 127. The molecule has 0 saturated carbocycles. The molecule has 0 atom stereocenters. The van der Waals surface area contributed by atoms with Crippen molar-refractivity contribution in [2.24, 2.45) is 0 Å². The molecule has 0 saturated heterocycles. The van der Waals surface area contributed by atoms with Gasteiger partial charge in [-0.2, -0.15) is 0 Å². The van der Waals surface area contributed by atoms with E-state index >= 15 is 0 Å². The minimum Gasteiger partial charge on any atom is -0.427 e. The van der Waals surface area contributed by atoms with Crippen molar-refractivity contribution in [1.82, 2.24) is 0 Å². The molecule has 0 unspecified atom stereocenters. The summed E-state index contributed by atoms with van der Waals surface area (Å²) in [5.74, 6) is 0. The Bertz CT molecular complexity index is 114. The molecule has 0 bridgehead atoms. The minimum absolute atomic E-state index is 1.28. The maximum Gasteiger partial charge on any atom is 0.282 e. The highest BCUT2D eigenvalue weighted by Gasteiger charge is 2.16. The first-order valence-corrected chi connectivity index (χ1v) is 8.12. The zero-order valence-electron chi connectivity index (χ0n) is 10.3. The normalized spacial score (nSPS) is 11.2. The van der Waals surface area contributed by atoms with Crippen LogP contribution in [-0.2, 0) is 0 Å². The van der Waals surface area contributed by atoms with Gasteiger partial charge in [0.15, 0.2) is 0 Å². The van der Waals surface area contributed by atoms with E-state index in [1.165, 1.54) is 43.4 Å². The van der Waals surface area contributed by atoms with Crippen molar-refractivity contribution >= 4 is 0 Å². The number of hydrogen-bond donors (Lipinski definition) is 0. The van der Waals surface area contributed by atoms with E-state index in [4.69, 9.17) is 10.3 Å². The first-order chi connectivity index (χ1) is 6.91. The Morgan fingerprint density at radius 2 is 1.00 bits per heavy atom. The highest BCUT2D eigenvalue weighted by molar-refractivity contribution is 4.37. The zero-order chi connectivity index (χ0) is 12.3. The van der Waals surface area contributed by atoms with Crippen LogP contribution in [0.15, 0.2) is 0 Å². The van der Waals surface area contributed by atoms with Gasteiger partial charge in [0.25, 0.3) is 21.1 Å². The molecule has 0 aliphatic carbocycles. The van der Waals surface area contributed by atoms with Gasteiger partial charge in [-0.3, -0.25) is 0 Å². The summed E-state index contributed by atoms with van der Waals surface area (Å²) < 4.78 is 27.0. The summed E-state index contributed by atoms with van der Waals surface area (Å²) in [6.07, 6.45) is 3.95. The van der Waals surface area contributed by atoms with Gasteiger partial charge in [-0.05, 0) is 19.3 Å². The molecule has 0 amide bonds. The van der Waals surface area contributed by atoms with Gasteiger partial charge in [0, 0.05) is 0 Å². The number of nitrogens with zero attached hydrogens (tertiary/aromatic N) is 1. The predicted molar refractivity (Wildman–Crippen MR) is 51.7 cm³/mol. The number of rotatable bonds is 6. The van der Waals surface area contributed by atoms with Gasteiger partial charge >= 0.3 is 0 Å². The van der Waals surface area contributed by atoms with E-state index in [1.54, 1.807) is 0 Å². The lowest BCUT2D eigenvalue weighted by Crippen LogP contribution is -4.05. The Morgan fingerprint density at radius 3 is 1.13 bits per heavy atom. The van der Waals surface area contributed by atoms with Crippen LogP contribution in [0.1, 0.15) is 40.0 Å². The van der Waals surface area contributed by atoms with E-state index in [1.807, 2.05) is 0 Å². The molecule has 4 nitrogen and oxygen atoms in total. The van der Waals surface area contributed by atoms with Crippen molar-refractivity contribution in [3.05, 3.63) is 0 Å². The molecule has 0 aliphatic heterocycles. The topological polar surface area (TPSA) is 69.2 Å². The Kier molecular flexibility index (Phi) is 13.2. The average Bonchev–Trinajstić information content (AvgIpc) is 2.03. The third-order valence-corrected chi connectivity index (χ3v) is 2.29. The maximum absolute atomic E-state index is 8.57. The maximum atomic E-state index is 8.57. The fraction of sp³-hybridized carbons (Fsp3) is 1.00. The van der Waals surface area contributed by atoms with E-state index < -0.39 is 21.1 Å². The van der Waals surface area contributed by atoms with Crippen molar-refractivity contribution in [3.8, 4) is 0 Å². The second-order valence-electron chi connectivity index (χ2n) is 3.98. The molecule has 0 heterocycles. The fourth-order valence-corrected chi connectivity index (χ4v) is 1.95. The molecule has 0 aliphatic rings. The van der Waals surface area contributed by atoms with Crippen LogP contribution in [0.25, 0.3) is 0 Å². The number of quaternary nitrogens is 1. The van der Waals surface area contributed by atoms with Crippen molar-refractivity contribution in [2.45, 2.75) is 40.0 Å². The third kappa shape index (κ3) is 14.6. The Balaban J connectivity index is 0. The summed E-state index contributed by atoms with van der Waals surface area (Å²) in [4.78, 5) is 0. The minimum atomic E-state index is -4.01. The van der Waals surface area contributed by atoms with Crippen LogP contribution in [0, 0.1) is 0 Å².